The minimum Gasteiger partial charge on any atom is -0.369 e. The van der Waals surface area contributed by atoms with Gasteiger partial charge in [0.2, 0.25) is 0 Å². The first-order valence-electron chi connectivity index (χ1n) is 11.5. The predicted molar refractivity (Wildman–Crippen MR) is 136 cm³/mol. The highest BCUT2D eigenvalue weighted by Gasteiger charge is 2.17. The zero-order valence-electron chi connectivity index (χ0n) is 19.1. The molecule has 1 aliphatic rings. The summed E-state index contributed by atoms with van der Waals surface area (Å²) in [5.74, 6) is -0.161. The third-order valence-corrected chi connectivity index (χ3v) is 7.28. The van der Waals surface area contributed by atoms with Gasteiger partial charge in [-0.1, -0.05) is 36.4 Å². The van der Waals surface area contributed by atoms with Crippen molar-refractivity contribution in [3.05, 3.63) is 90.5 Å². The van der Waals surface area contributed by atoms with Gasteiger partial charge in [0, 0.05) is 49.7 Å². The van der Waals surface area contributed by atoms with E-state index in [1.165, 1.54) is 17.8 Å². The number of nitrogens with one attached hydrogen (secondary N) is 2. The lowest BCUT2D eigenvalue weighted by Gasteiger charge is -2.36. The van der Waals surface area contributed by atoms with E-state index in [0.29, 0.717) is 17.8 Å². The largest absolute Gasteiger partial charge is 0.369 e. The lowest BCUT2D eigenvalue weighted by atomic mass is 10.2. The van der Waals surface area contributed by atoms with E-state index in [4.69, 9.17) is 0 Å². The summed E-state index contributed by atoms with van der Waals surface area (Å²) in [7, 11) is -3.65. The Kier molecular flexibility index (Phi) is 7.82. The number of para-hydroxylation sites is 1. The number of rotatable bonds is 9. The maximum Gasteiger partial charge on any atom is 0.261 e. The molecular formula is C26H30N4O3S. The van der Waals surface area contributed by atoms with Gasteiger partial charge in [-0.2, -0.15) is 0 Å². The van der Waals surface area contributed by atoms with Crippen molar-refractivity contribution in [2.75, 3.05) is 48.9 Å². The van der Waals surface area contributed by atoms with Crippen molar-refractivity contribution < 1.29 is 13.2 Å². The first-order valence-corrected chi connectivity index (χ1v) is 13.0. The standard InChI is InChI=1S/C26H30N4O3S/c31-26(22-12-14-23(15-13-22)28-34(32,33)25-10-5-2-6-11-25)27-16-7-17-29-18-20-30(21-19-29)24-8-3-1-4-9-24/h1-6,8-15,28H,7,16-21H2,(H,27,31). The van der Waals surface area contributed by atoms with Crippen LogP contribution in [0.2, 0.25) is 0 Å². The Morgan fingerprint density at radius 1 is 0.794 bits per heavy atom. The Morgan fingerprint density at radius 2 is 1.41 bits per heavy atom. The number of anilines is 2. The fourth-order valence-corrected chi connectivity index (χ4v) is 5.06. The molecule has 0 bridgehead atoms. The Balaban J connectivity index is 1.18. The van der Waals surface area contributed by atoms with Crippen LogP contribution in [0, 0.1) is 0 Å². The average molecular weight is 479 g/mol. The number of carbonyl (C=O) groups is 1. The minimum atomic E-state index is -3.65. The molecule has 8 heteroatoms. The van der Waals surface area contributed by atoms with Gasteiger partial charge in [0.25, 0.3) is 15.9 Å². The molecule has 4 rings (SSSR count). The molecule has 3 aromatic rings. The van der Waals surface area contributed by atoms with E-state index in [1.54, 1.807) is 42.5 Å². The molecule has 7 nitrogen and oxygen atoms in total. The van der Waals surface area contributed by atoms with E-state index in [1.807, 2.05) is 6.07 Å². The van der Waals surface area contributed by atoms with Gasteiger partial charge in [0.1, 0.15) is 0 Å². The molecule has 0 spiro atoms. The molecule has 1 fully saturated rings. The second-order valence-corrected chi connectivity index (χ2v) is 9.95. The lowest BCUT2D eigenvalue weighted by molar-refractivity contribution is 0.0951. The molecule has 0 unspecified atom stereocenters. The summed E-state index contributed by atoms with van der Waals surface area (Å²) in [6.45, 7) is 5.60. The summed E-state index contributed by atoms with van der Waals surface area (Å²) in [5, 5.41) is 2.95. The topological polar surface area (TPSA) is 81.8 Å². The van der Waals surface area contributed by atoms with Gasteiger partial charge in [0.15, 0.2) is 0 Å². The van der Waals surface area contributed by atoms with Crippen molar-refractivity contribution in [1.82, 2.24) is 10.2 Å². The summed E-state index contributed by atoms with van der Waals surface area (Å²) < 4.78 is 27.4. The summed E-state index contributed by atoms with van der Waals surface area (Å²) >= 11 is 0. The number of amides is 1. The molecule has 1 amide bonds. The molecule has 0 aliphatic carbocycles. The molecule has 1 heterocycles. The highest BCUT2D eigenvalue weighted by Crippen LogP contribution is 2.17. The molecule has 3 aromatic carbocycles. The second kappa shape index (κ2) is 11.2. The van der Waals surface area contributed by atoms with Gasteiger partial charge in [-0.15, -0.1) is 0 Å². The number of sulfonamides is 1. The fraction of sp³-hybridized carbons (Fsp3) is 0.269. The van der Waals surface area contributed by atoms with Crippen LogP contribution in [0.3, 0.4) is 0 Å². The van der Waals surface area contributed by atoms with E-state index < -0.39 is 10.0 Å². The number of benzene rings is 3. The van der Waals surface area contributed by atoms with Gasteiger partial charge in [-0.05, 0) is 61.5 Å². The Hall–Kier alpha value is -3.36. The highest BCUT2D eigenvalue weighted by molar-refractivity contribution is 7.92. The van der Waals surface area contributed by atoms with Crippen LogP contribution in [0.1, 0.15) is 16.8 Å². The van der Waals surface area contributed by atoms with Crippen molar-refractivity contribution in [1.29, 1.82) is 0 Å². The fourth-order valence-electron chi connectivity index (χ4n) is 3.98. The Labute approximate surface area is 201 Å². The van der Waals surface area contributed by atoms with Crippen molar-refractivity contribution in [3.8, 4) is 0 Å². The zero-order valence-corrected chi connectivity index (χ0v) is 19.9. The second-order valence-electron chi connectivity index (χ2n) is 8.27. The first kappa shape index (κ1) is 23.8. The van der Waals surface area contributed by atoms with Crippen LogP contribution in [-0.2, 0) is 10.0 Å². The highest BCUT2D eigenvalue weighted by atomic mass is 32.2. The average Bonchev–Trinajstić information content (AvgIpc) is 2.88. The molecule has 0 radical (unpaired) electrons. The summed E-state index contributed by atoms with van der Waals surface area (Å²) in [6, 6.07) is 25.1. The van der Waals surface area contributed by atoms with E-state index in [-0.39, 0.29) is 10.8 Å². The van der Waals surface area contributed by atoms with Gasteiger partial charge in [0.05, 0.1) is 4.90 Å². The number of nitrogens with zero attached hydrogens (tertiary/aromatic N) is 2. The zero-order chi connectivity index (χ0) is 23.8. The molecule has 1 aliphatic heterocycles. The van der Waals surface area contributed by atoms with E-state index in [0.717, 1.165) is 39.1 Å². The minimum absolute atomic E-state index is 0.161. The number of hydrogen-bond acceptors (Lipinski definition) is 5. The lowest BCUT2D eigenvalue weighted by Crippen LogP contribution is -2.47. The number of hydrogen-bond donors (Lipinski definition) is 2. The predicted octanol–water partition coefficient (Wildman–Crippen LogP) is 3.43. The van der Waals surface area contributed by atoms with E-state index >= 15 is 0 Å². The van der Waals surface area contributed by atoms with Crippen LogP contribution < -0.4 is 14.9 Å². The molecule has 0 atom stereocenters. The first-order chi connectivity index (χ1) is 16.5. The van der Waals surface area contributed by atoms with Crippen LogP contribution >= 0.6 is 0 Å². The van der Waals surface area contributed by atoms with Crippen LogP contribution in [0.15, 0.2) is 89.8 Å². The number of piperazine rings is 1. The molecule has 1 saturated heterocycles. The van der Waals surface area contributed by atoms with Crippen molar-refractivity contribution in [3.63, 3.8) is 0 Å². The van der Waals surface area contributed by atoms with E-state index in [9.17, 15) is 13.2 Å². The quantitative estimate of drug-likeness (QED) is 0.461. The van der Waals surface area contributed by atoms with Crippen molar-refractivity contribution >= 4 is 27.3 Å². The summed E-state index contributed by atoms with van der Waals surface area (Å²) in [5.41, 5.74) is 2.18. The molecular weight excluding hydrogens is 448 g/mol. The van der Waals surface area contributed by atoms with Crippen molar-refractivity contribution in [2.24, 2.45) is 0 Å². The third-order valence-electron chi connectivity index (χ3n) is 5.88. The molecule has 0 saturated carbocycles. The van der Waals surface area contributed by atoms with Gasteiger partial charge in [-0.3, -0.25) is 14.4 Å². The maximum absolute atomic E-state index is 12.4. The van der Waals surface area contributed by atoms with Gasteiger partial charge < -0.3 is 10.2 Å². The molecule has 2 N–H and O–H groups in total. The van der Waals surface area contributed by atoms with Crippen LogP contribution in [0.4, 0.5) is 11.4 Å². The smallest absolute Gasteiger partial charge is 0.261 e. The normalized spacial score (nSPS) is 14.5. The third kappa shape index (κ3) is 6.36. The van der Waals surface area contributed by atoms with Crippen LogP contribution in [0.25, 0.3) is 0 Å². The summed E-state index contributed by atoms with van der Waals surface area (Å²) in [4.78, 5) is 17.5. The van der Waals surface area contributed by atoms with Gasteiger partial charge in [-0.25, -0.2) is 8.42 Å². The van der Waals surface area contributed by atoms with Crippen LogP contribution in [0.5, 0.6) is 0 Å². The Morgan fingerprint density at radius 3 is 2.06 bits per heavy atom. The molecule has 34 heavy (non-hydrogen) atoms. The maximum atomic E-state index is 12.4. The Bertz CT molecular complexity index is 1160. The monoisotopic (exact) mass is 478 g/mol. The molecule has 0 aromatic heterocycles. The molecule has 178 valence electrons. The van der Waals surface area contributed by atoms with Gasteiger partial charge >= 0.3 is 0 Å². The van der Waals surface area contributed by atoms with Crippen molar-refractivity contribution in [2.45, 2.75) is 11.3 Å². The SMILES string of the molecule is O=C(NCCCN1CCN(c2ccccc2)CC1)c1ccc(NS(=O)(=O)c2ccccc2)cc1. The number of carbonyl (C=O) groups excluding carboxylic acids is 1. The summed E-state index contributed by atoms with van der Waals surface area (Å²) in [6.07, 6.45) is 0.881. The van der Waals surface area contributed by atoms with Crippen LogP contribution in [-0.4, -0.2) is 58.5 Å². The van der Waals surface area contributed by atoms with E-state index in [2.05, 4.69) is 44.1 Å².